The van der Waals surface area contributed by atoms with Crippen molar-refractivity contribution in [2.45, 2.75) is 71.9 Å². The summed E-state index contributed by atoms with van der Waals surface area (Å²) in [6.07, 6.45) is 6.99. The molecule has 2 nitrogen and oxygen atoms in total. The van der Waals surface area contributed by atoms with E-state index in [1.165, 1.54) is 45.2 Å². The number of unbranched alkanes of at least 4 members (excludes halogenated alkanes) is 4. The zero-order chi connectivity index (χ0) is 15.1. The molecule has 0 aromatic carbocycles. The number of hydrogen-bond donors (Lipinski definition) is 0. The van der Waals surface area contributed by atoms with Gasteiger partial charge in [0.15, 0.2) is 0 Å². The summed E-state index contributed by atoms with van der Waals surface area (Å²) in [6.45, 7) is 12.0. The molecule has 0 heterocycles. The van der Waals surface area contributed by atoms with Crippen LogP contribution in [0.15, 0.2) is 0 Å². The predicted octanol–water partition coefficient (Wildman–Crippen LogP) is 3.91. The van der Waals surface area contributed by atoms with Crippen LogP contribution in [0.1, 0.15) is 59.8 Å². The first-order valence-corrected chi connectivity index (χ1v) is 8.25. The standard InChI is InChI=1S/C17H40N2/c1-16(2)18(5,6)14-12-10-9-11-13-15-19(7,8)17(3)4/h16-17H,9-15H2,1-8H3/q+2. The maximum atomic E-state index is 2.35. The van der Waals surface area contributed by atoms with Crippen LogP contribution in [0.5, 0.6) is 0 Å². The molecule has 2 heteroatoms. The number of rotatable bonds is 10. The van der Waals surface area contributed by atoms with Crippen molar-refractivity contribution in [2.24, 2.45) is 0 Å². The Labute approximate surface area is 123 Å². The molecule has 0 bridgehead atoms. The normalized spacial score (nSPS) is 13.6. The van der Waals surface area contributed by atoms with Crippen LogP contribution in [-0.2, 0) is 0 Å². The zero-order valence-electron chi connectivity index (χ0n) is 15.0. The van der Waals surface area contributed by atoms with Crippen LogP contribution in [0, 0.1) is 0 Å². The SMILES string of the molecule is CC(C)[N+](C)(C)CCCCCCC[N+](C)(C)C(C)C. The molecule has 0 aromatic rings. The Bertz CT molecular complexity index is 205. The van der Waals surface area contributed by atoms with Gasteiger partial charge in [-0.05, 0) is 53.4 Å². The Kier molecular flexibility index (Phi) is 8.23. The van der Waals surface area contributed by atoms with Crippen molar-refractivity contribution in [3.05, 3.63) is 0 Å². The van der Waals surface area contributed by atoms with Crippen LogP contribution in [0.25, 0.3) is 0 Å². The first kappa shape index (κ1) is 18.9. The molecule has 0 atom stereocenters. The van der Waals surface area contributed by atoms with Gasteiger partial charge in [0.2, 0.25) is 0 Å². The highest BCUT2D eigenvalue weighted by Gasteiger charge is 2.19. The summed E-state index contributed by atoms with van der Waals surface area (Å²) < 4.78 is 2.33. The van der Waals surface area contributed by atoms with Crippen molar-refractivity contribution in [3.8, 4) is 0 Å². The van der Waals surface area contributed by atoms with Gasteiger partial charge in [0.25, 0.3) is 0 Å². The Morgan fingerprint density at radius 1 is 0.526 bits per heavy atom. The molecule has 0 aliphatic heterocycles. The number of hydrogen-bond acceptors (Lipinski definition) is 0. The molecule has 0 radical (unpaired) electrons. The maximum Gasteiger partial charge on any atom is 0.0829 e. The van der Waals surface area contributed by atoms with Gasteiger partial charge in [-0.25, -0.2) is 0 Å². The monoisotopic (exact) mass is 272 g/mol. The van der Waals surface area contributed by atoms with E-state index in [0.29, 0.717) is 0 Å². The van der Waals surface area contributed by atoms with E-state index in [4.69, 9.17) is 0 Å². The van der Waals surface area contributed by atoms with Crippen LogP contribution in [-0.4, -0.2) is 62.3 Å². The Morgan fingerprint density at radius 2 is 0.789 bits per heavy atom. The van der Waals surface area contributed by atoms with Crippen LogP contribution >= 0.6 is 0 Å². The van der Waals surface area contributed by atoms with Gasteiger partial charge in [0.1, 0.15) is 0 Å². The number of nitrogens with zero attached hydrogens (tertiary/aromatic N) is 2. The third-order valence-electron chi connectivity index (χ3n) is 5.26. The predicted molar refractivity (Wildman–Crippen MR) is 87.3 cm³/mol. The highest BCUT2D eigenvalue weighted by Crippen LogP contribution is 2.13. The second-order valence-corrected chi connectivity index (χ2v) is 7.96. The summed E-state index contributed by atoms with van der Waals surface area (Å²) in [5.41, 5.74) is 0. The van der Waals surface area contributed by atoms with Crippen molar-refractivity contribution < 1.29 is 8.97 Å². The Hall–Kier alpha value is -0.0800. The van der Waals surface area contributed by atoms with E-state index in [9.17, 15) is 0 Å². The smallest absolute Gasteiger partial charge is 0.0829 e. The van der Waals surface area contributed by atoms with Crippen molar-refractivity contribution in [3.63, 3.8) is 0 Å². The minimum atomic E-state index is 0.740. The fourth-order valence-electron chi connectivity index (χ4n) is 2.09. The lowest BCUT2D eigenvalue weighted by Gasteiger charge is -2.34. The van der Waals surface area contributed by atoms with Crippen molar-refractivity contribution in [2.75, 3.05) is 41.3 Å². The van der Waals surface area contributed by atoms with Gasteiger partial charge in [0, 0.05) is 0 Å². The van der Waals surface area contributed by atoms with Crippen LogP contribution in [0.4, 0.5) is 0 Å². The first-order chi connectivity index (χ1) is 8.59. The van der Waals surface area contributed by atoms with E-state index >= 15 is 0 Å². The minimum absolute atomic E-state index is 0.740. The minimum Gasteiger partial charge on any atom is -0.327 e. The molecule has 0 aliphatic rings. The molecule has 0 rings (SSSR count). The zero-order valence-corrected chi connectivity index (χ0v) is 15.0. The van der Waals surface area contributed by atoms with E-state index < -0.39 is 0 Å². The fraction of sp³-hybridized carbons (Fsp3) is 1.00. The van der Waals surface area contributed by atoms with Crippen LogP contribution in [0.2, 0.25) is 0 Å². The summed E-state index contributed by atoms with van der Waals surface area (Å²) >= 11 is 0. The van der Waals surface area contributed by atoms with E-state index in [-0.39, 0.29) is 0 Å². The molecular weight excluding hydrogens is 232 g/mol. The fourth-order valence-corrected chi connectivity index (χ4v) is 2.09. The lowest BCUT2D eigenvalue weighted by molar-refractivity contribution is -0.911. The third-order valence-corrected chi connectivity index (χ3v) is 5.26. The van der Waals surface area contributed by atoms with E-state index in [0.717, 1.165) is 21.0 Å². The van der Waals surface area contributed by atoms with Crippen molar-refractivity contribution >= 4 is 0 Å². The first-order valence-electron chi connectivity index (χ1n) is 8.25. The second-order valence-electron chi connectivity index (χ2n) is 7.96. The van der Waals surface area contributed by atoms with Gasteiger partial charge >= 0.3 is 0 Å². The molecule has 0 aliphatic carbocycles. The average molecular weight is 273 g/mol. The van der Waals surface area contributed by atoms with E-state index in [1.54, 1.807) is 0 Å². The molecular formula is C17H40N2+2. The Balaban J connectivity index is 3.57. The molecule has 0 aromatic heterocycles. The Morgan fingerprint density at radius 3 is 1.05 bits per heavy atom. The van der Waals surface area contributed by atoms with Gasteiger partial charge in [-0.1, -0.05) is 6.42 Å². The lowest BCUT2D eigenvalue weighted by Crippen LogP contribution is -2.46. The highest BCUT2D eigenvalue weighted by molar-refractivity contribution is 4.48. The molecule has 0 amide bonds. The quantitative estimate of drug-likeness (QED) is 0.418. The maximum absolute atomic E-state index is 2.35. The average Bonchev–Trinajstić information content (AvgIpc) is 2.27. The summed E-state index contributed by atoms with van der Waals surface area (Å²) in [6, 6.07) is 1.48. The lowest BCUT2D eigenvalue weighted by atomic mass is 10.1. The third kappa shape index (κ3) is 7.94. The van der Waals surface area contributed by atoms with Gasteiger partial charge in [0.05, 0.1) is 53.4 Å². The van der Waals surface area contributed by atoms with Gasteiger partial charge in [-0.2, -0.15) is 0 Å². The summed E-state index contributed by atoms with van der Waals surface area (Å²) in [7, 11) is 9.42. The van der Waals surface area contributed by atoms with E-state index in [2.05, 4.69) is 55.9 Å². The van der Waals surface area contributed by atoms with Gasteiger partial charge in [-0.15, -0.1) is 0 Å². The molecule has 0 saturated heterocycles. The molecule has 0 saturated carbocycles. The molecule has 19 heavy (non-hydrogen) atoms. The van der Waals surface area contributed by atoms with Crippen LogP contribution < -0.4 is 0 Å². The van der Waals surface area contributed by atoms with Crippen molar-refractivity contribution in [1.82, 2.24) is 0 Å². The molecule has 0 N–H and O–H groups in total. The summed E-state index contributed by atoms with van der Waals surface area (Å²) in [5, 5.41) is 0. The summed E-state index contributed by atoms with van der Waals surface area (Å²) in [4.78, 5) is 0. The number of quaternary nitrogens is 2. The topological polar surface area (TPSA) is 0 Å². The second kappa shape index (κ2) is 8.26. The molecule has 0 unspecified atom stereocenters. The largest absolute Gasteiger partial charge is 0.327 e. The van der Waals surface area contributed by atoms with Gasteiger partial charge < -0.3 is 8.97 Å². The molecule has 0 spiro atoms. The highest BCUT2D eigenvalue weighted by atomic mass is 15.3. The molecule has 0 fully saturated rings. The van der Waals surface area contributed by atoms with Gasteiger partial charge in [-0.3, -0.25) is 0 Å². The summed E-state index contributed by atoms with van der Waals surface area (Å²) in [5.74, 6) is 0. The van der Waals surface area contributed by atoms with Crippen LogP contribution in [0.3, 0.4) is 0 Å². The molecule has 116 valence electrons. The van der Waals surface area contributed by atoms with E-state index in [1.807, 2.05) is 0 Å². The van der Waals surface area contributed by atoms with Crippen molar-refractivity contribution in [1.29, 1.82) is 0 Å².